The minimum atomic E-state index is 0.351. The highest BCUT2D eigenvalue weighted by Crippen LogP contribution is 2.23. The van der Waals surface area contributed by atoms with Crippen molar-refractivity contribution in [3.05, 3.63) is 0 Å². The van der Waals surface area contributed by atoms with Crippen molar-refractivity contribution < 1.29 is 4.74 Å². The smallest absolute Gasteiger partial charge is 0.0634 e. The second kappa shape index (κ2) is 4.40. The molecule has 2 heterocycles. The van der Waals surface area contributed by atoms with E-state index in [1.54, 1.807) is 0 Å². The van der Waals surface area contributed by atoms with Gasteiger partial charge in [-0.15, -0.1) is 0 Å². The third kappa shape index (κ3) is 2.35. The van der Waals surface area contributed by atoms with Crippen molar-refractivity contribution in [2.75, 3.05) is 39.4 Å². The van der Waals surface area contributed by atoms with Gasteiger partial charge >= 0.3 is 0 Å². The predicted octanol–water partition coefficient (Wildman–Crippen LogP) is 1.19. The van der Waals surface area contributed by atoms with Crippen molar-refractivity contribution >= 4 is 0 Å². The van der Waals surface area contributed by atoms with Gasteiger partial charge in [-0.25, -0.2) is 0 Å². The second-order valence-electron chi connectivity index (χ2n) is 5.38. The Labute approximate surface area is 93.4 Å². The van der Waals surface area contributed by atoms with E-state index in [0.29, 0.717) is 11.6 Å². The first kappa shape index (κ1) is 11.4. The molecule has 2 rings (SSSR count). The fourth-order valence-electron chi connectivity index (χ4n) is 2.52. The first-order valence-corrected chi connectivity index (χ1v) is 6.20. The average Bonchev–Trinajstić information content (AvgIpc) is 2.28. The molecule has 1 unspecified atom stereocenters. The molecule has 0 aliphatic carbocycles. The maximum atomic E-state index is 5.57. The molecule has 0 saturated carbocycles. The Bertz CT molecular complexity index is 218. The highest BCUT2D eigenvalue weighted by atomic mass is 16.5. The highest BCUT2D eigenvalue weighted by Gasteiger charge is 2.34. The number of nitrogens with zero attached hydrogens (tertiary/aromatic N) is 2. The maximum Gasteiger partial charge on any atom is 0.0634 e. The highest BCUT2D eigenvalue weighted by molar-refractivity contribution is 4.90. The third-order valence-electron chi connectivity index (χ3n) is 4.16. The molecule has 0 spiro atoms. The van der Waals surface area contributed by atoms with Gasteiger partial charge in [0.15, 0.2) is 0 Å². The standard InChI is InChI=1S/C12H24N2O/c1-4-12(2,3)14-6-5-13-7-8-15-10-11(13)9-14/h11H,4-10H2,1-3H3. The van der Waals surface area contributed by atoms with E-state index in [-0.39, 0.29) is 0 Å². The van der Waals surface area contributed by atoms with E-state index < -0.39 is 0 Å². The van der Waals surface area contributed by atoms with E-state index in [1.807, 2.05) is 0 Å². The molecule has 3 nitrogen and oxygen atoms in total. The molecule has 0 aromatic heterocycles. The summed E-state index contributed by atoms with van der Waals surface area (Å²) in [6.45, 7) is 13.6. The van der Waals surface area contributed by atoms with Gasteiger partial charge in [-0.05, 0) is 20.3 Å². The van der Waals surface area contributed by atoms with Gasteiger partial charge in [0.2, 0.25) is 0 Å². The molecule has 15 heavy (non-hydrogen) atoms. The quantitative estimate of drug-likeness (QED) is 0.684. The summed E-state index contributed by atoms with van der Waals surface area (Å²) in [6, 6.07) is 0.637. The van der Waals surface area contributed by atoms with Crippen LogP contribution in [0.15, 0.2) is 0 Å². The summed E-state index contributed by atoms with van der Waals surface area (Å²) in [7, 11) is 0. The first-order valence-electron chi connectivity index (χ1n) is 6.20. The Hall–Kier alpha value is -0.120. The topological polar surface area (TPSA) is 15.7 Å². The molecular formula is C12H24N2O. The van der Waals surface area contributed by atoms with Gasteiger partial charge in [0.1, 0.15) is 0 Å². The molecule has 0 amide bonds. The SMILES string of the molecule is CCC(C)(C)N1CCN2CCOCC2C1. The van der Waals surface area contributed by atoms with Crippen LogP contribution in [0.5, 0.6) is 0 Å². The predicted molar refractivity (Wildman–Crippen MR) is 62.1 cm³/mol. The molecule has 2 fully saturated rings. The van der Waals surface area contributed by atoms with Gasteiger partial charge in [0.25, 0.3) is 0 Å². The van der Waals surface area contributed by atoms with Crippen LogP contribution in [0.1, 0.15) is 27.2 Å². The summed E-state index contributed by atoms with van der Waals surface area (Å²) in [5.74, 6) is 0. The lowest BCUT2D eigenvalue weighted by molar-refractivity contribution is -0.0652. The zero-order chi connectivity index (χ0) is 10.9. The molecule has 2 aliphatic rings. The molecule has 1 atom stereocenters. The van der Waals surface area contributed by atoms with Gasteiger partial charge in [-0.2, -0.15) is 0 Å². The minimum absolute atomic E-state index is 0.351. The number of ether oxygens (including phenoxy) is 1. The zero-order valence-corrected chi connectivity index (χ0v) is 10.3. The van der Waals surface area contributed by atoms with Crippen molar-refractivity contribution in [1.82, 2.24) is 9.80 Å². The van der Waals surface area contributed by atoms with E-state index in [4.69, 9.17) is 4.74 Å². The van der Waals surface area contributed by atoms with Gasteiger partial charge in [-0.3, -0.25) is 9.80 Å². The summed E-state index contributed by atoms with van der Waals surface area (Å²) < 4.78 is 5.57. The second-order valence-corrected chi connectivity index (χ2v) is 5.38. The number of piperazine rings is 1. The molecule has 0 N–H and O–H groups in total. The summed E-state index contributed by atoms with van der Waals surface area (Å²) in [6.07, 6.45) is 1.22. The lowest BCUT2D eigenvalue weighted by atomic mass is 9.96. The van der Waals surface area contributed by atoms with Crippen LogP contribution >= 0.6 is 0 Å². The Morgan fingerprint density at radius 2 is 2.07 bits per heavy atom. The molecule has 88 valence electrons. The van der Waals surface area contributed by atoms with Crippen LogP contribution in [0.2, 0.25) is 0 Å². The Morgan fingerprint density at radius 1 is 1.27 bits per heavy atom. The van der Waals surface area contributed by atoms with Crippen molar-refractivity contribution in [2.24, 2.45) is 0 Å². The van der Waals surface area contributed by atoms with Gasteiger partial charge in [-0.1, -0.05) is 6.92 Å². The Morgan fingerprint density at radius 3 is 2.80 bits per heavy atom. The number of fused-ring (bicyclic) bond motifs is 1. The molecule has 0 aromatic carbocycles. The fourth-order valence-corrected chi connectivity index (χ4v) is 2.52. The van der Waals surface area contributed by atoms with Crippen LogP contribution < -0.4 is 0 Å². The first-order chi connectivity index (χ1) is 7.13. The average molecular weight is 212 g/mol. The van der Waals surface area contributed by atoms with E-state index >= 15 is 0 Å². The van der Waals surface area contributed by atoms with Gasteiger partial charge in [0, 0.05) is 37.8 Å². The van der Waals surface area contributed by atoms with Crippen LogP contribution in [0.3, 0.4) is 0 Å². The van der Waals surface area contributed by atoms with Crippen LogP contribution in [0, 0.1) is 0 Å². The minimum Gasteiger partial charge on any atom is -0.378 e. The summed E-state index contributed by atoms with van der Waals surface area (Å²) in [4.78, 5) is 5.22. The maximum absolute atomic E-state index is 5.57. The van der Waals surface area contributed by atoms with E-state index in [9.17, 15) is 0 Å². The van der Waals surface area contributed by atoms with Crippen LogP contribution in [0.4, 0.5) is 0 Å². The van der Waals surface area contributed by atoms with Crippen molar-refractivity contribution in [3.8, 4) is 0 Å². The van der Waals surface area contributed by atoms with E-state index in [2.05, 4.69) is 30.6 Å². The molecular weight excluding hydrogens is 188 g/mol. The monoisotopic (exact) mass is 212 g/mol. The van der Waals surface area contributed by atoms with Crippen LogP contribution in [-0.4, -0.2) is 60.8 Å². The molecule has 3 heteroatoms. The number of hydrogen-bond acceptors (Lipinski definition) is 3. The van der Waals surface area contributed by atoms with Crippen LogP contribution in [-0.2, 0) is 4.74 Å². The number of hydrogen-bond donors (Lipinski definition) is 0. The van der Waals surface area contributed by atoms with Crippen molar-refractivity contribution in [1.29, 1.82) is 0 Å². The molecule has 2 aliphatic heterocycles. The van der Waals surface area contributed by atoms with Gasteiger partial charge < -0.3 is 4.74 Å². The van der Waals surface area contributed by atoms with Gasteiger partial charge in [0.05, 0.1) is 13.2 Å². The Balaban J connectivity index is 1.96. The summed E-state index contributed by atoms with van der Waals surface area (Å²) in [5, 5.41) is 0. The summed E-state index contributed by atoms with van der Waals surface area (Å²) in [5.41, 5.74) is 0.351. The largest absolute Gasteiger partial charge is 0.378 e. The van der Waals surface area contributed by atoms with Crippen molar-refractivity contribution in [3.63, 3.8) is 0 Å². The number of rotatable bonds is 2. The van der Waals surface area contributed by atoms with Crippen LogP contribution in [0.25, 0.3) is 0 Å². The Kier molecular flexibility index (Phi) is 3.33. The van der Waals surface area contributed by atoms with E-state index in [0.717, 1.165) is 19.8 Å². The molecule has 2 saturated heterocycles. The molecule has 0 bridgehead atoms. The molecule has 0 aromatic rings. The van der Waals surface area contributed by atoms with Crippen molar-refractivity contribution in [2.45, 2.75) is 38.8 Å². The van der Waals surface area contributed by atoms with E-state index in [1.165, 1.54) is 26.1 Å². The molecule has 0 radical (unpaired) electrons. The fraction of sp³-hybridized carbons (Fsp3) is 1.00. The normalized spacial score (nSPS) is 30.2. The lowest BCUT2D eigenvalue weighted by Gasteiger charge is -2.49. The number of morpholine rings is 1. The lowest BCUT2D eigenvalue weighted by Crippen LogP contribution is -2.62. The third-order valence-corrected chi connectivity index (χ3v) is 4.16. The zero-order valence-electron chi connectivity index (χ0n) is 10.3. The summed E-state index contributed by atoms with van der Waals surface area (Å²) >= 11 is 0.